The monoisotopic (exact) mass is 443 g/mol. The zero-order valence-electron chi connectivity index (χ0n) is 14.3. The van der Waals surface area contributed by atoms with Crippen molar-refractivity contribution in [3.8, 4) is 11.5 Å². The molecule has 0 bridgehead atoms. The highest BCUT2D eigenvalue weighted by Gasteiger charge is 2.21. The molecule has 0 unspecified atom stereocenters. The summed E-state index contributed by atoms with van der Waals surface area (Å²) >= 11 is 3.24. The van der Waals surface area contributed by atoms with E-state index in [9.17, 15) is 13.2 Å². The first-order valence-electron chi connectivity index (χ1n) is 7.34. The van der Waals surface area contributed by atoms with Crippen molar-refractivity contribution < 1.29 is 22.7 Å². The Bertz CT molecular complexity index is 918. The van der Waals surface area contributed by atoms with Gasteiger partial charge in [0.15, 0.2) is 11.5 Å². The first-order valence-corrected chi connectivity index (χ1v) is 9.61. The molecule has 0 heterocycles. The Hall–Kier alpha value is -2.46. The number of rotatable bonds is 6. The second-order valence-corrected chi connectivity index (χ2v) is 7.53. The molecule has 8 nitrogen and oxygen atoms in total. The molecule has 0 aliphatic heterocycles. The Labute approximate surface area is 160 Å². The molecule has 0 aromatic heterocycles. The molecule has 26 heavy (non-hydrogen) atoms. The smallest absolute Gasteiger partial charge is 0.318 e. The molecule has 140 valence electrons. The topological polar surface area (TPSA) is 106 Å². The largest absolute Gasteiger partial charge is 0.493 e. The van der Waals surface area contributed by atoms with Crippen LogP contribution >= 0.6 is 15.9 Å². The van der Waals surface area contributed by atoms with Crippen LogP contribution in [0.15, 0.2) is 45.8 Å². The second-order valence-electron chi connectivity index (χ2n) is 5.03. The standard InChI is InChI=1S/C16H18BrN3O5S/c1-18-16(21)19-10-5-4-6-11(7-10)20-26(22,23)15-9-14(25-3)13(24-2)8-12(15)17/h4-9,20H,1-3H3,(H2,18,19,21). The maximum absolute atomic E-state index is 12.7. The zero-order chi connectivity index (χ0) is 19.3. The van der Waals surface area contributed by atoms with Crippen molar-refractivity contribution in [3.63, 3.8) is 0 Å². The molecule has 0 aliphatic rings. The lowest BCUT2D eigenvalue weighted by Crippen LogP contribution is -2.24. The number of sulfonamides is 1. The van der Waals surface area contributed by atoms with E-state index in [4.69, 9.17) is 9.47 Å². The van der Waals surface area contributed by atoms with Gasteiger partial charge < -0.3 is 20.1 Å². The third-order valence-electron chi connectivity index (χ3n) is 3.33. The SMILES string of the molecule is CNC(=O)Nc1cccc(NS(=O)(=O)c2cc(OC)c(OC)cc2Br)c1. The number of methoxy groups -OCH3 is 2. The van der Waals surface area contributed by atoms with Gasteiger partial charge in [0, 0.05) is 23.3 Å². The minimum Gasteiger partial charge on any atom is -0.493 e. The molecule has 2 amide bonds. The Kier molecular flexibility index (Phi) is 6.32. The molecule has 0 saturated carbocycles. The number of benzene rings is 2. The molecule has 2 aromatic rings. The first-order chi connectivity index (χ1) is 12.3. The molecule has 0 saturated heterocycles. The lowest BCUT2D eigenvalue weighted by atomic mass is 10.3. The van der Waals surface area contributed by atoms with Crippen LogP contribution in [0.5, 0.6) is 11.5 Å². The zero-order valence-corrected chi connectivity index (χ0v) is 16.7. The molecule has 0 spiro atoms. The van der Waals surface area contributed by atoms with Crippen LogP contribution in [0.1, 0.15) is 0 Å². The van der Waals surface area contributed by atoms with Crippen molar-refractivity contribution in [2.75, 3.05) is 31.3 Å². The Balaban J connectivity index is 2.35. The number of ether oxygens (including phenoxy) is 2. The van der Waals surface area contributed by atoms with Crippen LogP contribution in [0.3, 0.4) is 0 Å². The van der Waals surface area contributed by atoms with Crippen LogP contribution in [-0.2, 0) is 10.0 Å². The third-order valence-corrected chi connectivity index (χ3v) is 5.67. The van der Waals surface area contributed by atoms with Crippen LogP contribution in [0.25, 0.3) is 0 Å². The van der Waals surface area contributed by atoms with E-state index in [2.05, 4.69) is 31.3 Å². The predicted molar refractivity (Wildman–Crippen MR) is 103 cm³/mol. The molecular formula is C16H18BrN3O5S. The van der Waals surface area contributed by atoms with Gasteiger partial charge in [-0.05, 0) is 40.2 Å². The van der Waals surface area contributed by atoms with Crippen LogP contribution in [0.4, 0.5) is 16.2 Å². The van der Waals surface area contributed by atoms with Gasteiger partial charge in [0.2, 0.25) is 0 Å². The van der Waals surface area contributed by atoms with E-state index in [0.29, 0.717) is 21.6 Å². The first kappa shape index (κ1) is 19.9. The Morgan fingerprint density at radius 3 is 2.27 bits per heavy atom. The highest BCUT2D eigenvalue weighted by Crippen LogP contribution is 2.36. The van der Waals surface area contributed by atoms with E-state index < -0.39 is 16.1 Å². The van der Waals surface area contributed by atoms with Crippen LogP contribution in [0.2, 0.25) is 0 Å². The van der Waals surface area contributed by atoms with Crippen molar-refractivity contribution in [1.82, 2.24) is 5.32 Å². The van der Waals surface area contributed by atoms with E-state index in [0.717, 1.165) is 0 Å². The Morgan fingerprint density at radius 2 is 1.65 bits per heavy atom. The molecule has 0 atom stereocenters. The summed E-state index contributed by atoms with van der Waals surface area (Å²) in [7, 11) is 0.450. The lowest BCUT2D eigenvalue weighted by molar-refractivity contribution is 0.254. The highest BCUT2D eigenvalue weighted by atomic mass is 79.9. The molecule has 3 N–H and O–H groups in total. The van der Waals surface area contributed by atoms with Crippen molar-refractivity contribution >= 4 is 43.4 Å². The van der Waals surface area contributed by atoms with Gasteiger partial charge in [-0.1, -0.05) is 6.07 Å². The fourth-order valence-electron chi connectivity index (χ4n) is 2.11. The number of carbonyl (C=O) groups excluding carboxylic acids is 1. The minimum absolute atomic E-state index is 0.0141. The molecule has 2 rings (SSSR count). The third kappa shape index (κ3) is 4.58. The summed E-state index contributed by atoms with van der Waals surface area (Å²) in [4.78, 5) is 11.4. The maximum atomic E-state index is 12.7. The number of amides is 2. The molecular weight excluding hydrogens is 426 g/mol. The summed E-state index contributed by atoms with van der Waals surface area (Å²) in [5.74, 6) is 0.682. The summed E-state index contributed by atoms with van der Waals surface area (Å²) in [5.41, 5.74) is 0.733. The summed E-state index contributed by atoms with van der Waals surface area (Å²) in [6, 6.07) is 8.79. The van der Waals surface area contributed by atoms with Gasteiger partial charge in [-0.2, -0.15) is 0 Å². The average Bonchev–Trinajstić information content (AvgIpc) is 2.60. The van der Waals surface area contributed by atoms with Crippen molar-refractivity contribution in [2.45, 2.75) is 4.90 Å². The van der Waals surface area contributed by atoms with Crippen LogP contribution in [-0.4, -0.2) is 35.7 Å². The van der Waals surface area contributed by atoms with Gasteiger partial charge >= 0.3 is 6.03 Å². The Morgan fingerprint density at radius 1 is 1.04 bits per heavy atom. The number of hydrogen-bond donors (Lipinski definition) is 3. The van der Waals surface area contributed by atoms with Gasteiger partial charge in [-0.25, -0.2) is 13.2 Å². The lowest BCUT2D eigenvalue weighted by Gasteiger charge is -2.14. The maximum Gasteiger partial charge on any atom is 0.318 e. The van der Waals surface area contributed by atoms with Gasteiger partial charge in [0.25, 0.3) is 10.0 Å². The van der Waals surface area contributed by atoms with E-state index in [1.165, 1.54) is 39.5 Å². The van der Waals surface area contributed by atoms with Gasteiger partial charge in [-0.15, -0.1) is 0 Å². The number of anilines is 2. The van der Waals surface area contributed by atoms with Crippen LogP contribution < -0.4 is 24.8 Å². The van der Waals surface area contributed by atoms with E-state index in [-0.39, 0.29) is 10.6 Å². The van der Waals surface area contributed by atoms with Crippen LogP contribution in [0, 0.1) is 0 Å². The summed E-state index contributed by atoms with van der Waals surface area (Å²) in [5, 5.41) is 4.99. The minimum atomic E-state index is -3.91. The van der Waals surface area contributed by atoms with Crippen molar-refractivity contribution in [2.24, 2.45) is 0 Å². The quantitative estimate of drug-likeness (QED) is 0.635. The van der Waals surface area contributed by atoms with E-state index in [1.54, 1.807) is 18.2 Å². The van der Waals surface area contributed by atoms with E-state index >= 15 is 0 Å². The average molecular weight is 444 g/mol. The summed E-state index contributed by atoms with van der Waals surface area (Å²) in [6.45, 7) is 0. The molecule has 2 aromatic carbocycles. The van der Waals surface area contributed by atoms with E-state index in [1.807, 2.05) is 0 Å². The number of urea groups is 1. The van der Waals surface area contributed by atoms with Gasteiger partial charge in [0.05, 0.1) is 19.9 Å². The number of nitrogens with one attached hydrogen (secondary N) is 3. The number of hydrogen-bond acceptors (Lipinski definition) is 5. The highest BCUT2D eigenvalue weighted by molar-refractivity contribution is 9.10. The van der Waals surface area contributed by atoms with Gasteiger partial charge in [0.1, 0.15) is 4.90 Å². The summed E-state index contributed by atoms with van der Waals surface area (Å²) < 4.78 is 38.6. The predicted octanol–water partition coefficient (Wildman–Crippen LogP) is 3.02. The van der Waals surface area contributed by atoms with Crippen molar-refractivity contribution in [3.05, 3.63) is 40.9 Å². The second kappa shape index (κ2) is 8.28. The molecule has 0 radical (unpaired) electrons. The number of halogens is 1. The van der Waals surface area contributed by atoms with Gasteiger partial charge in [-0.3, -0.25) is 4.72 Å². The summed E-state index contributed by atoms with van der Waals surface area (Å²) in [6.07, 6.45) is 0. The normalized spacial score (nSPS) is 10.8. The number of carbonyl (C=O) groups is 1. The molecule has 0 fully saturated rings. The van der Waals surface area contributed by atoms with Crippen molar-refractivity contribution in [1.29, 1.82) is 0 Å². The fourth-order valence-corrected chi connectivity index (χ4v) is 4.19. The fraction of sp³-hybridized carbons (Fsp3) is 0.188. The molecule has 0 aliphatic carbocycles. The molecule has 10 heteroatoms.